The fraction of sp³-hybridized carbons (Fsp3) is 0.167. The van der Waals surface area contributed by atoms with E-state index in [2.05, 4.69) is 15.5 Å². The van der Waals surface area contributed by atoms with Crippen LogP contribution in [0.4, 0.5) is 5.69 Å². The number of benzene rings is 2. The Balaban J connectivity index is 1.67. The van der Waals surface area contributed by atoms with Crippen molar-refractivity contribution in [3.05, 3.63) is 69.0 Å². The van der Waals surface area contributed by atoms with E-state index < -0.39 is 4.92 Å². The first-order valence-corrected chi connectivity index (χ1v) is 8.68. The van der Waals surface area contributed by atoms with Gasteiger partial charge in [0.15, 0.2) is 10.6 Å². The second-order valence-corrected chi connectivity index (χ2v) is 6.25. The van der Waals surface area contributed by atoms with Gasteiger partial charge in [0.25, 0.3) is 5.69 Å². The largest absolute Gasteiger partial charge is 0.497 e. The van der Waals surface area contributed by atoms with Gasteiger partial charge in [-0.25, -0.2) is 0 Å². The molecule has 1 aromatic heterocycles. The minimum atomic E-state index is -0.469. The molecule has 28 heavy (non-hydrogen) atoms. The minimum absolute atomic E-state index is 0.00362. The van der Waals surface area contributed by atoms with Crippen molar-refractivity contribution in [2.24, 2.45) is 0 Å². The minimum Gasteiger partial charge on any atom is -0.497 e. The van der Waals surface area contributed by atoms with Crippen LogP contribution in [0.1, 0.15) is 5.56 Å². The average Bonchev–Trinajstić information content (AvgIpc) is 3.07. The molecule has 0 unspecified atom stereocenters. The van der Waals surface area contributed by atoms with E-state index in [1.807, 2.05) is 12.1 Å². The number of nitrogens with one attached hydrogen (secondary N) is 2. The van der Waals surface area contributed by atoms with Gasteiger partial charge in [-0.3, -0.25) is 24.6 Å². The molecule has 0 aliphatic heterocycles. The second kappa shape index (κ2) is 8.44. The number of H-pyrrole nitrogens is 1. The zero-order valence-corrected chi connectivity index (χ0v) is 15.7. The van der Waals surface area contributed by atoms with Crippen molar-refractivity contribution >= 4 is 23.8 Å². The maximum absolute atomic E-state index is 12.3. The van der Waals surface area contributed by atoms with Crippen molar-refractivity contribution in [1.82, 2.24) is 20.1 Å². The highest BCUT2D eigenvalue weighted by Crippen LogP contribution is 2.21. The quantitative estimate of drug-likeness (QED) is 0.359. The molecule has 3 aromatic rings. The average molecular weight is 399 g/mol. The monoisotopic (exact) mass is 399 g/mol. The van der Waals surface area contributed by atoms with Gasteiger partial charge in [-0.05, 0) is 42.0 Å². The van der Waals surface area contributed by atoms with Crippen LogP contribution >= 0.6 is 12.2 Å². The van der Waals surface area contributed by atoms with Gasteiger partial charge in [-0.2, -0.15) is 5.10 Å². The molecule has 2 aromatic carbocycles. The highest BCUT2D eigenvalue weighted by atomic mass is 32.1. The normalized spacial score (nSPS) is 10.5. The van der Waals surface area contributed by atoms with Crippen LogP contribution in [0.2, 0.25) is 0 Å². The number of rotatable bonds is 7. The van der Waals surface area contributed by atoms with E-state index in [-0.39, 0.29) is 24.7 Å². The van der Waals surface area contributed by atoms with Crippen molar-refractivity contribution in [2.45, 2.75) is 13.1 Å². The summed E-state index contributed by atoms with van der Waals surface area (Å²) < 4.78 is 7.07. The van der Waals surface area contributed by atoms with E-state index in [4.69, 9.17) is 17.0 Å². The molecule has 0 spiro atoms. The summed E-state index contributed by atoms with van der Waals surface area (Å²) in [5, 5.41) is 20.4. The molecule has 0 radical (unpaired) electrons. The lowest BCUT2D eigenvalue weighted by Gasteiger charge is -2.09. The molecule has 3 rings (SSSR count). The van der Waals surface area contributed by atoms with E-state index in [1.54, 1.807) is 35.9 Å². The summed E-state index contributed by atoms with van der Waals surface area (Å²) in [6, 6.07) is 13.3. The maximum Gasteiger partial charge on any atom is 0.269 e. The molecule has 1 heterocycles. The molecular weight excluding hydrogens is 382 g/mol. The summed E-state index contributed by atoms with van der Waals surface area (Å²) in [4.78, 5) is 22.6. The summed E-state index contributed by atoms with van der Waals surface area (Å²) in [6.07, 6.45) is 0. The van der Waals surface area contributed by atoms with E-state index in [1.165, 1.54) is 12.1 Å². The SMILES string of the molecule is COc1ccc(-c2n[nH]c(=S)n2CC(=O)NCc2ccc([N+](=O)[O-])cc2)cc1. The Hall–Kier alpha value is -3.53. The van der Waals surface area contributed by atoms with Crippen LogP contribution in [0.15, 0.2) is 48.5 Å². The van der Waals surface area contributed by atoms with Gasteiger partial charge in [0.1, 0.15) is 12.3 Å². The Labute approximate surface area is 165 Å². The van der Waals surface area contributed by atoms with Crippen molar-refractivity contribution in [2.75, 3.05) is 7.11 Å². The van der Waals surface area contributed by atoms with Gasteiger partial charge in [-0.1, -0.05) is 12.1 Å². The summed E-state index contributed by atoms with van der Waals surface area (Å²) in [5.41, 5.74) is 1.55. The first-order valence-electron chi connectivity index (χ1n) is 8.27. The maximum atomic E-state index is 12.3. The highest BCUT2D eigenvalue weighted by molar-refractivity contribution is 7.71. The third kappa shape index (κ3) is 4.41. The van der Waals surface area contributed by atoms with E-state index >= 15 is 0 Å². The number of aromatic nitrogens is 3. The molecule has 2 N–H and O–H groups in total. The molecule has 0 aliphatic carbocycles. The number of carbonyl (C=O) groups excluding carboxylic acids is 1. The molecule has 0 atom stereocenters. The van der Waals surface area contributed by atoms with Crippen LogP contribution < -0.4 is 10.1 Å². The second-order valence-electron chi connectivity index (χ2n) is 5.87. The number of nitro groups is 1. The van der Waals surface area contributed by atoms with Gasteiger partial charge >= 0.3 is 0 Å². The van der Waals surface area contributed by atoms with Gasteiger partial charge in [0.05, 0.1) is 12.0 Å². The van der Waals surface area contributed by atoms with E-state index in [9.17, 15) is 14.9 Å². The number of amides is 1. The molecule has 0 saturated heterocycles. The molecule has 9 nitrogen and oxygen atoms in total. The topological polar surface area (TPSA) is 115 Å². The molecule has 0 bridgehead atoms. The van der Waals surface area contributed by atoms with Gasteiger partial charge in [0, 0.05) is 24.2 Å². The fourth-order valence-corrected chi connectivity index (χ4v) is 2.76. The number of aromatic amines is 1. The fourth-order valence-electron chi connectivity index (χ4n) is 2.56. The van der Waals surface area contributed by atoms with Crippen molar-refractivity contribution in [3.8, 4) is 17.1 Å². The Bertz CT molecular complexity index is 1040. The molecule has 144 valence electrons. The van der Waals surface area contributed by atoms with Crippen LogP contribution in [0.5, 0.6) is 5.75 Å². The lowest BCUT2D eigenvalue weighted by Crippen LogP contribution is -2.27. The van der Waals surface area contributed by atoms with Crippen LogP contribution in [-0.2, 0) is 17.9 Å². The number of hydrogen-bond donors (Lipinski definition) is 2. The molecular formula is C18H17N5O4S. The van der Waals surface area contributed by atoms with Crippen molar-refractivity contribution < 1.29 is 14.5 Å². The molecule has 1 amide bonds. The van der Waals surface area contributed by atoms with E-state index in [0.29, 0.717) is 16.3 Å². The van der Waals surface area contributed by atoms with Crippen LogP contribution in [-0.4, -0.2) is 32.7 Å². The number of ether oxygens (including phenoxy) is 1. The molecule has 0 aliphatic rings. The van der Waals surface area contributed by atoms with Gasteiger partial charge in [0.2, 0.25) is 5.91 Å². The number of non-ortho nitro benzene ring substituents is 1. The number of carbonyl (C=O) groups is 1. The first kappa shape index (κ1) is 19.2. The lowest BCUT2D eigenvalue weighted by atomic mass is 10.2. The Morgan fingerprint density at radius 2 is 1.93 bits per heavy atom. The van der Waals surface area contributed by atoms with Gasteiger partial charge in [-0.15, -0.1) is 0 Å². The smallest absolute Gasteiger partial charge is 0.269 e. The summed E-state index contributed by atoms with van der Waals surface area (Å²) in [7, 11) is 1.58. The van der Waals surface area contributed by atoms with Crippen molar-refractivity contribution in [3.63, 3.8) is 0 Å². The lowest BCUT2D eigenvalue weighted by molar-refractivity contribution is -0.384. The van der Waals surface area contributed by atoms with E-state index in [0.717, 1.165) is 11.1 Å². The molecule has 10 heteroatoms. The predicted molar refractivity (Wildman–Crippen MR) is 104 cm³/mol. The molecule has 0 saturated carbocycles. The first-order chi connectivity index (χ1) is 13.5. The van der Waals surface area contributed by atoms with Crippen molar-refractivity contribution in [1.29, 1.82) is 0 Å². The third-order valence-corrected chi connectivity index (χ3v) is 4.36. The van der Waals surface area contributed by atoms with Crippen LogP contribution in [0, 0.1) is 14.9 Å². The Morgan fingerprint density at radius 3 is 2.54 bits per heavy atom. The van der Waals surface area contributed by atoms with Crippen LogP contribution in [0.3, 0.4) is 0 Å². The number of nitro benzene ring substituents is 1. The van der Waals surface area contributed by atoms with Crippen LogP contribution in [0.25, 0.3) is 11.4 Å². The summed E-state index contributed by atoms with van der Waals surface area (Å²) in [5.74, 6) is 0.994. The standard InChI is InChI=1S/C18H17N5O4S/c1-27-15-8-4-13(5-9-15)17-20-21-18(28)22(17)11-16(24)19-10-12-2-6-14(7-3-12)23(25)26/h2-9H,10-11H2,1H3,(H,19,24)(H,21,28). The number of hydrogen-bond acceptors (Lipinski definition) is 6. The number of nitrogens with zero attached hydrogens (tertiary/aromatic N) is 3. The van der Waals surface area contributed by atoms with Gasteiger partial charge < -0.3 is 10.1 Å². The Morgan fingerprint density at radius 1 is 1.25 bits per heavy atom. The highest BCUT2D eigenvalue weighted by Gasteiger charge is 2.13. The summed E-state index contributed by atoms with van der Waals surface area (Å²) in [6.45, 7) is 0.240. The zero-order chi connectivity index (χ0) is 20.1. The predicted octanol–water partition coefficient (Wildman–Crippen LogP) is 2.84. The summed E-state index contributed by atoms with van der Waals surface area (Å²) >= 11 is 5.23. The number of methoxy groups -OCH3 is 1. The zero-order valence-electron chi connectivity index (χ0n) is 14.9. The molecule has 0 fully saturated rings. The Kier molecular flexibility index (Phi) is 5.80. The third-order valence-electron chi connectivity index (χ3n) is 4.05.